The molecule has 3 rings (SSSR count). The quantitative estimate of drug-likeness (QED) is 0.845. The summed E-state index contributed by atoms with van der Waals surface area (Å²) < 4.78 is 9.41. The smallest absolute Gasteiger partial charge is 0.343 e. The van der Waals surface area contributed by atoms with Gasteiger partial charge in [0.25, 0.3) is 0 Å². The zero-order valence-electron chi connectivity index (χ0n) is 12.0. The van der Waals surface area contributed by atoms with Gasteiger partial charge in [-0.1, -0.05) is 0 Å². The Morgan fingerprint density at radius 2 is 2.30 bits per heavy atom. The van der Waals surface area contributed by atoms with E-state index >= 15 is 0 Å². The lowest BCUT2D eigenvalue weighted by Crippen LogP contribution is -2.28. The molecule has 0 spiro atoms. The summed E-state index contributed by atoms with van der Waals surface area (Å²) in [5.41, 5.74) is 1.37. The average molecular weight is 295 g/mol. The summed E-state index contributed by atoms with van der Waals surface area (Å²) in [4.78, 5) is 14.5. The Labute approximate surface area is 123 Å². The van der Waals surface area contributed by atoms with Gasteiger partial charge in [0.05, 0.1) is 12.3 Å². The van der Waals surface area contributed by atoms with Gasteiger partial charge >= 0.3 is 5.97 Å². The van der Waals surface area contributed by atoms with Gasteiger partial charge in [-0.25, -0.2) is 4.79 Å². The number of carbonyl (C=O) groups is 1. The average Bonchev–Trinajstić information content (AvgIpc) is 3.06. The van der Waals surface area contributed by atoms with Crippen LogP contribution in [0.2, 0.25) is 0 Å². The summed E-state index contributed by atoms with van der Waals surface area (Å²) in [7, 11) is 0. The number of nitrogens with zero attached hydrogens (tertiary/aromatic N) is 2. The fourth-order valence-corrected chi connectivity index (χ4v) is 3.63. The maximum Gasteiger partial charge on any atom is 0.343 e. The van der Waals surface area contributed by atoms with Crippen LogP contribution in [0.3, 0.4) is 0 Å². The number of nitrogens with one attached hydrogen (secondary N) is 1. The van der Waals surface area contributed by atoms with E-state index < -0.39 is 0 Å². The van der Waals surface area contributed by atoms with Crippen LogP contribution in [0.25, 0.3) is 0 Å². The van der Waals surface area contributed by atoms with Crippen LogP contribution < -0.4 is 5.32 Å². The molecule has 0 bridgehead atoms. The molecule has 1 aliphatic heterocycles. The monoisotopic (exact) mass is 295 g/mol. The Morgan fingerprint density at radius 1 is 1.50 bits per heavy atom. The number of aromatic nitrogens is 1. The van der Waals surface area contributed by atoms with Crippen LogP contribution in [0.1, 0.15) is 42.2 Å². The molecule has 1 saturated heterocycles. The lowest BCUT2D eigenvalue weighted by Gasteiger charge is -2.16. The molecule has 6 heteroatoms. The van der Waals surface area contributed by atoms with Gasteiger partial charge in [0.1, 0.15) is 10.6 Å². The number of aryl methyl sites for hydroxylation is 1. The predicted octanol–water partition coefficient (Wildman–Crippen LogP) is 2.28. The number of anilines is 1. The maximum atomic E-state index is 12.0. The van der Waals surface area contributed by atoms with E-state index in [1.54, 1.807) is 0 Å². The van der Waals surface area contributed by atoms with Crippen LogP contribution in [0.4, 0.5) is 5.00 Å². The highest BCUT2D eigenvalue weighted by Crippen LogP contribution is 2.32. The number of rotatable bonds is 5. The highest BCUT2D eigenvalue weighted by Gasteiger charge is 2.35. The molecule has 1 atom stereocenters. The molecule has 1 saturated carbocycles. The molecule has 20 heavy (non-hydrogen) atoms. The number of hydrogen-bond donors (Lipinski definition) is 1. The van der Waals surface area contributed by atoms with E-state index in [9.17, 15) is 4.79 Å². The second-order valence-corrected chi connectivity index (χ2v) is 6.32. The van der Waals surface area contributed by atoms with Crippen LogP contribution >= 0.6 is 11.5 Å². The van der Waals surface area contributed by atoms with Crippen molar-refractivity contribution in [3.05, 3.63) is 11.3 Å². The van der Waals surface area contributed by atoms with Crippen molar-refractivity contribution in [2.24, 2.45) is 0 Å². The van der Waals surface area contributed by atoms with Gasteiger partial charge in [-0.3, -0.25) is 4.90 Å². The number of carbonyl (C=O) groups excluding carboxylic acids is 1. The number of esters is 1. The van der Waals surface area contributed by atoms with E-state index in [1.807, 2.05) is 13.8 Å². The minimum absolute atomic E-state index is 0.265. The maximum absolute atomic E-state index is 12.0. The summed E-state index contributed by atoms with van der Waals surface area (Å²) in [5.74, 6) is -0.265. The minimum Gasteiger partial charge on any atom is -0.462 e. The third-order valence-corrected chi connectivity index (χ3v) is 4.83. The first-order valence-corrected chi connectivity index (χ1v) is 8.10. The molecule has 1 aromatic rings. The van der Waals surface area contributed by atoms with Gasteiger partial charge in [-0.05, 0) is 44.6 Å². The van der Waals surface area contributed by atoms with E-state index in [-0.39, 0.29) is 5.97 Å². The zero-order chi connectivity index (χ0) is 14.1. The summed E-state index contributed by atoms with van der Waals surface area (Å²) in [6, 6.07) is 1.23. The van der Waals surface area contributed by atoms with E-state index in [1.165, 1.54) is 24.4 Å². The van der Waals surface area contributed by atoms with Crippen LogP contribution in [0, 0.1) is 6.92 Å². The van der Waals surface area contributed by atoms with E-state index in [2.05, 4.69) is 14.6 Å². The van der Waals surface area contributed by atoms with Gasteiger partial charge in [0.2, 0.25) is 0 Å². The molecule has 2 heterocycles. The first-order valence-electron chi connectivity index (χ1n) is 7.33. The Balaban J connectivity index is 1.66. The molecule has 110 valence electrons. The molecular formula is C14H21N3O2S. The fraction of sp³-hybridized carbons (Fsp3) is 0.714. The molecule has 0 aromatic carbocycles. The summed E-state index contributed by atoms with van der Waals surface area (Å²) in [6.45, 7) is 6.31. The number of ether oxygens (including phenoxy) is 1. The number of likely N-dealkylation sites (tertiary alicyclic amines) is 1. The van der Waals surface area contributed by atoms with Gasteiger partial charge in [0, 0.05) is 25.2 Å². The Hall–Kier alpha value is -1.14. The molecule has 1 N–H and O–H groups in total. The van der Waals surface area contributed by atoms with Crippen molar-refractivity contribution in [3.8, 4) is 0 Å². The highest BCUT2D eigenvalue weighted by molar-refractivity contribution is 7.10. The Kier molecular flexibility index (Phi) is 3.94. The summed E-state index contributed by atoms with van der Waals surface area (Å²) >= 11 is 1.36. The second kappa shape index (κ2) is 5.69. The SMILES string of the molecule is CCOC(=O)c1c(C)nsc1NC1CCN(C2CC2)C1. The highest BCUT2D eigenvalue weighted by atomic mass is 32.1. The third kappa shape index (κ3) is 2.81. The van der Waals surface area contributed by atoms with Gasteiger partial charge in [-0.2, -0.15) is 4.37 Å². The molecule has 1 unspecified atom stereocenters. The second-order valence-electron chi connectivity index (χ2n) is 5.55. The van der Waals surface area contributed by atoms with Gasteiger partial charge in [-0.15, -0.1) is 0 Å². The van der Waals surface area contributed by atoms with Crippen LogP contribution in [0.15, 0.2) is 0 Å². The molecule has 0 radical (unpaired) electrons. The van der Waals surface area contributed by atoms with Crippen LogP contribution in [-0.4, -0.2) is 47.0 Å². The first-order chi connectivity index (χ1) is 9.69. The molecule has 5 nitrogen and oxygen atoms in total. The molecule has 1 aromatic heterocycles. The third-order valence-electron chi connectivity index (χ3n) is 3.96. The molecule has 1 aliphatic carbocycles. The fourth-order valence-electron chi connectivity index (χ4n) is 2.77. The molecular weight excluding hydrogens is 274 g/mol. The van der Waals surface area contributed by atoms with Crippen molar-refractivity contribution in [2.45, 2.75) is 45.2 Å². The lowest BCUT2D eigenvalue weighted by atomic mass is 10.2. The lowest BCUT2D eigenvalue weighted by molar-refractivity contribution is 0.0527. The Bertz CT molecular complexity index is 499. The molecule has 2 aliphatic rings. The van der Waals surface area contributed by atoms with E-state index in [4.69, 9.17) is 4.74 Å². The standard InChI is InChI=1S/C14H21N3O2S/c1-3-19-14(18)12-9(2)16-20-13(12)15-10-6-7-17(8-10)11-4-5-11/h10-11,15H,3-8H2,1-2H3. The van der Waals surface area contributed by atoms with E-state index in [0.29, 0.717) is 18.2 Å². The molecule has 0 amide bonds. The van der Waals surface area contributed by atoms with Crippen molar-refractivity contribution < 1.29 is 9.53 Å². The van der Waals surface area contributed by atoms with Crippen LogP contribution in [0.5, 0.6) is 0 Å². The van der Waals surface area contributed by atoms with Crippen molar-refractivity contribution in [1.82, 2.24) is 9.27 Å². The topological polar surface area (TPSA) is 54.5 Å². The predicted molar refractivity (Wildman–Crippen MR) is 79.4 cm³/mol. The van der Waals surface area contributed by atoms with Crippen LogP contribution in [-0.2, 0) is 4.74 Å². The summed E-state index contributed by atoms with van der Waals surface area (Å²) in [6.07, 6.45) is 3.83. The first kappa shape index (κ1) is 13.8. The van der Waals surface area contributed by atoms with Gasteiger partial charge < -0.3 is 10.1 Å². The van der Waals surface area contributed by atoms with Crippen molar-refractivity contribution in [1.29, 1.82) is 0 Å². The van der Waals surface area contributed by atoms with E-state index in [0.717, 1.165) is 36.2 Å². The largest absolute Gasteiger partial charge is 0.462 e. The zero-order valence-corrected chi connectivity index (χ0v) is 12.8. The minimum atomic E-state index is -0.265. The molecule has 2 fully saturated rings. The van der Waals surface area contributed by atoms with Gasteiger partial charge in [0.15, 0.2) is 0 Å². The van der Waals surface area contributed by atoms with Crippen molar-refractivity contribution >= 4 is 22.5 Å². The van der Waals surface area contributed by atoms with Crippen molar-refractivity contribution in [3.63, 3.8) is 0 Å². The Morgan fingerprint density at radius 3 is 3.00 bits per heavy atom. The summed E-state index contributed by atoms with van der Waals surface area (Å²) in [5, 5.41) is 4.36. The number of hydrogen-bond acceptors (Lipinski definition) is 6. The van der Waals surface area contributed by atoms with Crippen molar-refractivity contribution in [2.75, 3.05) is 25.0 Å². The normalized spacial score (nSPS) is 23.0.